The lowest BCUT2D eigenvalue weighted by atomic mass is 10.1. The smallest absolute Gasteiger partial charge is 0.221 e. The van der Waals surface area contributed by atoms with Gasteiger partial charge in [-0.3, -0.25) is 0 Å². The molecule has 4 heteroatoms. The lowest BCUT2D eigenvalue weighted by Crippen LogP contribution is -2.20. The van der Waals surface area contributed by atoms with E-state index in [0.717, 1.165) is 5.82 Å². The second kappa shape index (κ2) is 7.04. The van der Waals surface area contributed by atoms with Crippen molar-refractivity contribution in [3.8, 4) is 0 Å². The normalized spacial score (nSPS) is 12.4. The van der Waals surface area contributed by atoms with Crippen LogP contribution in [0.4, 0.5) is 11.8 Å². The first-order valence-corrected chi connectivity index (χ1v) is 6.11. The van der Waals surface area contributed by atoms with Gasteiger partial charge in [0.05, 0.1) is 0 Å². The summed E-state index contributed by atoms with van der Waals surface area (Å²) in [4.78, 5) is 8.04. The molecule has 0 aromatic carbocycles. The summed E-state index contributed by atoms with van der Waals surface area (Å²) in [7, 11) is 0. The number of hydrogen-bond donors (Lipinski definition) is 2. The van der Waals surface area contributed by atoms with Gasteiger partial charge in [0.15, 0.2) is 0 Å². The highest BCUT2D eigenvalue weighted by Crippen LogP contribution is 2.13. The fourth-order valence-electron chi connectivity index (χ4n) is 1.75. The maximum atomic E-state index is 5.55. The van der Waals surface area contributed by atoms with Gasteiger partial charge in [-0.2, -0.15) is 4.98 Å². The van der Waals surface area contributed by atoms with Crippen LogP contribution in [-0.2, 0) is 0 Å². The van der Waals surface area contributed by atoms with Crippen LogP contribution < -0.4 is 11.1 Å². The minimum atomic E-state index is 0.329. The van der Waals surface area contributed by atoms with Crippen LogP contribution in [0.3, 0.4) is 0 Å². The fourth-order valence-corrected chi connectivity index (χ4v) is 1.75. The predicted molar refractivity (Wildman–Crippen MR) is 68.3 cm³/mol. The number of nitrogens with zero attached hydrogens (tertiary/aromatic N) is 2. The first kappa shape index (κ1) is 12.7. The molecule has 1 aromatic rings. The van der Waals surface area contributed by atoms with Crippen LogP contribution in [0.2, 0.25) is 0 Å². The average Bonchev–Trinajstić information content (AvgIpc) is 2.26. The summed E-state index contributed by atoms with van der Waals surface area (Å²) < 4.78 is 0. The van der Waals surface area contributed by atoms with E-state index in [0.29, 0.717) is 12.0 Å². The first-order valence-electron chi connectivity index (χ1n) is 6.11. The molecule has 0 fully saturated rings. The van der Waals surface area contributed by atoms with Crippen LogP contribution in [-0.4, -0.2) is 16.0 Å². The lowest BCUT2D eigenvalue weighted by molar-refractivity contribution is 0.563. The van der Waals surface area contributed by atoms with Gasteiger partial charge in [-0.05, 0) is 18.9 Å². The Morgan fingerprint density at radius 1 is 1.31 bits per heavy atom. The first-order chi connectivity index (χ1) is 7.76. The molecule has 0 amide bonds. The third-order valence-corrected chi connectivity index (χ3v) is 2.57. The van der Waals surface area contributed by atoms with E-state index < -0.39 is 0 Å². The van der Waals surface area contributed by atoms with Gasteiger partial charge < -0.3 is 11.1 Å². The number of unbranched alkanes of at least 4 members (excludes halogenated alkanes) is 1. The minimum Gasteiger partial charge on any atom is -0.368 e. The van der Waals surface area contributed by atoms with E-state index in [4.69, 9.17) is 5.73 Å². The molecule has 0 bridgehead atoms. The van der Waals surface area contributed by atoms with Crippen molar-refractivity contribution < 1.29 is 0 Å². The predicted octanol–water partition coefficient (Wildman–Crippen LogP) is 2.83. The highest BCUT2D eigenvalue weighted by atomic mass is 15.1. The van der Waals surface area contributed by atoms with E-state index in [1.807, 2.05) is 6.07 Å². The molecule has 4 nitrogen and oxygen atoms in total. The molecule has 0 spiro atoms. The highest BCUT2D eigenvalue weighted by molar-refractivity contribution is 5.38. The molecule has 1 atom stereocenters. The molecule has 0 radical (unpaired) electrons. The van der Waals surface area contributed by atoms with Gasteiger partial charge in [0.25, 0.3) is 0 Å². The van der Waals surface area contributed by atoms with Crippen LogP contribution in [0.25, 0.3) is 0 Å². The molecule has 1 heterocycles. The van der Waals surface area contributed by atoms with Gasteiger partial charge in [0.1, 0.15) is 5.82 Å². The average molecular weight is 222 g/mol. The zero-order chi connectivity index (χ0) is 11.8. The van der Waals surface area contributed by atoms with Crippen molar-refractivity contribution in [2.45, 2.75) is 52.0 Å². The van der Waals surface area contributed by atoms with E-state index in [1.165, 1.54) is 32.1 Å². The van der Waals surface area contributed by atoms with Crippen LogP contribution in [0, 0.1) is 0 Å². The maximum absolute atomic E-state index is 5.55. The molecular formula is C12H22N4. The number of aromatic nitrogens is 2. The van der Waals surface area contributed by atoms with Crippen molar-refractivity contribution in [3.63, 3.8) is 0 Å². The number of hydrogen-bond acceptors (Lipinski definition) is 4. The summed E-state index contributed by atoms with van der Waals surface area (Å²) >= 11 is 0. The number of nitrogens with two attached hydrogens (primary N) is 1. The van der Waals surface area contributed by atoms with Crippen molar-refractivity contribution in [2.24, 2.45) is 0 Å². The lowest BCUT2D eigenvalue weighted by Gasteiger charge is -2.18. The molecule has 0 saturated heterocycles. The van der Waals surface area contributed by atoms with Gasteiger partial charge in [-0.15, -0.1) is 0 Å². The number of nitrogens with one attached hydrogen (secondary N) is 1. The molecule has 1 aromatic heterocycles. The Hall–Kier alpha value is -1.32. The quantitative estimate of drug-likeness (QED) is 0.744. The van der Waals surface area contributed by atoms with E-state index in [-0.39, 0.29) is 0 Å². The summed E-state index contributed by atoms with van der Waals surface area (Å²) in [6.07, 6.45) is 7.71. The molecule has 90 valence electrons. The van der Waals surface area contributed by atoms with Crippen molar-refractivity contribution in [1.82, 2.24) is 9.97 Å². The molecular weight excluding hydrogens is 200 g/mol. The zero-order valence-electron chi connectivity index (χ0n) is 10.2. The maximum Gasteiger partial charge on any atom is 0.221 e. The Morgan fingerprint density at radius 2 is 2.12 bits per heavy atom. The molecule has 0 aliphatic rings. The standard InChI is InChI=1S/C12H22N4/c1-3-5-7-10(6-4-2)15-11-8-9-14-12(13)16-11/h8-10H,3-7H2,1-2H3,(H3,13,14,15,16). The highest BCUT2D eigenvalue weighted by Gasteiger charge is 2.07. The molecule has 0 saturated carbocycles. The molecule has 16 heavy (non-hydrogen) atoms. The number of rotatable bonds is 7. The van der Waals surface area contributed by atoms with Crippen LogP contribution in [0.15, 0.2) is 12.3 Å². The Kier molecular flexibility index (Phi) is 5.61. The van der Waals surface area contributed by atoms with Crippen molar-refractivity contribution >= 4 is 11.8 Å². The van der Waals surface area contributed by atoms with Crippen molar-refractivity contribution in [1.29, 1.82) is 0 Å². The SMILES string of the molecule is CCCCC(CCC)Nc1ccnc(N)n1. The van der Waals surface area contributed by atoms with E-state index in [9.17, 15) is 0 Å². The van der Waals surface area contributed by atoms with Crippen LogP contribution >= 0.6 is 0 Å². The van der Waals surface area contributed by atoms with E-state index in [2.05, 4.69) is 29.1 Å². The largest absolute Gasteiger partial charge is 0.368 e. The summed E-state index contributed by atoms with van der Waals surface area (Å²) in [5.41, 5.74) is 5.55. The number of nitrogen functional groups attached to an aromatic ring is 1. The van der Waals surface area contributed by atoms with Gasteiger partial charge in [0.2, 0.25) is 5.95 Å². The molecule has 1 unspecified atom stereocenters. The summed E-state index contributed by atoms with van der Waals surface area (Å²) in [6.45, 7) is 4.42. The third-order valence-electron chi connectivity index (χ3n) is 2.57. The Balaban J connectivity index is 2.52. The van der Waals surface area contributed by atoms with Crippen LogP contribution in [0.5, 0.6) is 0 Å². The molecule has 0 aliphatic heterocycles. The third kappa shape index (κ3) is 4.47. The van der Waals surface area contributed by atoms with Crippen LogP contribution in [0.1, 0.15) is 46.0 Å². The molecule has 3 N–H and O–H groups in total. The molecule has 0 aliphatic carbocycles. The van der Waals surface area contributed by atoms with Crippen molar-refractivity contribution in [2.75, 3.05) is 11.1 Å². The fraction of sp³-hybridized carbons (Fsp3) is 0.667. The summed E-state index contributed by atoms with van der Waals surface area (Å²) in [6, 6.07) is 2.37. The summed E-state index contributed by atoms with van der Waals surface area (Å²) in [5.74, 6) is 1.16. The Labute approximate surface area is 97.7 Å². The Morgan fingerprint density at radius 3 is 2.75 bits per heavy atom. The minimum absolute atomic E-state index is 0.329. The van der Waals surface area contributed by atoms with Gasteiger partial charge in [0, 0.05) is 12.2 Å². The van der Waals surface area contributed by atoms with Crippen molar-refractivity contribution in [3.05, 3.63) is 12.3 Å². The second-order valence-corrected chi connectivity index (χ2v) is 4.07. The van der Waals surface area contributed by atoms with Gasteiger partial charge >= 0.3 is 0 Å². The topological polar surface area (TPSA) is 63.8 Å². The van der Waals surface area contributed by atoms with Gasteiger partial charge in [-0.25, -0.2) is 4.98 Å². The molecule has 1 rings (SSSR count). The van der Waals surface area contributed by atoms with E-state index in [1.54, 1.807) is 6.20 Å². The number of anilines is 2. The van der Waals surface area contributed by atoms with E-state index >= 15 is 0 Å². The van der Waals surface area contributed by atoms with Gasteiger partial charge in [-0.1, -0.05) is 33.1 Å². The zero-order valence-corrected chi connectivity index (χ0v) is 10.2. The summed E-state index contributed by atoms with van der Waals surface area (Å²) in [5, 5.41) is 3.42. The second-order valence-electron chi connectivity index (χ2n) is 4.07. The Bertz CT molecular complexity index is 301. The monoisotopic (exact) mass is 222 g/mol.